The second-order valence-electron chi connectivity index (χ2n) is 7.87. The zero-order chi connectivity index (χ0) is 20.8. The SMILES string of the molecule is CC(NC(=O)c1ccc(-c2ccc(N3CCCCCC3)nc2)cc1)c1cccnc1. The van der Waals surface area contributed by atoms with Crippen LogP contribution in [0.15, 0.2) is 67.1 Å². The van der Waals surface area contributed by atoms with Gasteiger partial charge in [0, 0.05) is 42.8 Å². The van der Waals surface area contributed by atoms with E-state index < -0.39 is 0 Å². The van der Waals surface area contributed by atoms with Gasteiger partial charge in [0.25, 0.3) is 5.91 Å². The number of amides is 1. The Morgan fingerprint density at radius 1 is 0.933 bits per heavy atom. The van der Waals surface area contributed by atoms with E-state index in [2.05, 4.69) is 27.3 Å². The van der Waals surface area contributed by atoms with Crippen LogP contribution in [0.5, 0.6) is 0 Å². The molecule has 1 atom stereocenters. The van der Waals surface area contributed by atoms with Gasteiger partial charge in [-0.2, -0.15) is 0 Å². The van der Waals surface area contributed by atoms with E-state index in [1.54, 1.807) is 12.4 Å². The molecule has 2 aromatic heterocycles. The monoisotopic (exact) mass is 400 g/mol. The van der Waals surface area contributed by atoms with E-state index in [0.717, 1.165) is 35.6 Å². The topological polar surface area (TPSA) is 58.1 Å². The lowest BCUT2D eigenvalue weighted by Gasteiger charge is -2.21. The third-order valence-electron chi connectivity index (χ3n) is 5.69. The Morgan fingerprint density at radius 3 is 2.30 bits per heavy atom. The van der Waals surface area contributed by atoms with Crippen molar-refractivity contribution in [3.8, 4) is 11.1 Å². The first-order chi connectivity index (χ1) is 14.7. The molecule has 0 spiro atoms. The smallest absolute Gasteiger partial charge is 0.251 e. The predicted molar refractivity (Wildman–Crippen MR) is 120 cm³/mol. The predicted octanol–water partition coefficient (Wildman–Crippen LogP) is 5.02. The van der Waals surface area contributed by atoms with Crippen LogP contribution >= 0.6 is 0 Å². The molecule has 1 saturated heterocycles. The maximum atomic E-state index is 12.6. The van der Waals surface area contributed by atoms with Gasteiger partial charge in [0.15, 0.2) is 0 Å². The lowest BCUT2D eigenvalue weighted by molar-refractivity contribution is 0.0940. The minimum absolute atomic E-state index is 0.0902. The van der Waals surface area contributed by atoms with Crippen LogP contribution in [-0.2, 0) is 0 Å². The van der Waals surface area contributed by atoms with E-state index in [0.29, 0.717) is 5.56 Å². The van der Waals surface area contributed by atoms with E-state index >= 15 is 0 Å². The molecule has 0 bridgehead atoms. The molecule has 0 saturated carbocycles. The standard InChI is InChI=1S/C25H28N4O/c1-19(22-7-6-14-26-17-22)28-25(30)21-10-8-20(9-11-21)23-12-13-24(27-18-23)29-15-4-2-3-5-16-29/h6-14,17-19H,2-5,15-16H2,1H3,(H,28,30). The van der Waals surface area contributed by atoms with Gasteiger partial charge >= 0.3 is 0 Å². The first kappa shape index (κ1) is 20.1. The number of aromatic nitrogens is 2. The summed E-state index contributed by atoms with van der Waals surface area (Å²) in [4.78, 5) is 23.8. The molecular weight excluding hydrogens is 372 g/mol. The highest BCUT2D eigenvalue weighted by Gasteiger charge is 2.13. The summed E-state index contributed by atoms with van der Waals surface area (Å²) in [5, 5.41) is 3.02. The summed E-state index contributed by atoms with van der Waals surface area (Å²) in [7, 11) is 0. The number of carbonyl (C=O) groups is 1. The van der Waals surface area contributed by atoms with Crippen LogP contribution in [-0.4, -0.2) is 29.0 Å². The van der Waals surface area contributed by atoms with Gasteiger partial charge < -0.3 is 10.2 Å². The molecule has 0 aliphatic carbocycles. The number of hydrogen-bond acceptors (Lipinski definition) is 4. The molecule has 154 valence electrons. The summed E-state index contributed by atoms with van der Waals surface area (Å²) in [6.45, 7) is 4.14. The fraction of sp³-hybridized carbons (Fsp3) is 0.320. The molecule has 5 nitrogen and oxygen atoms in total. The largest absolute Gasteiger partial charge is 0.357 e. The molecule has 5 heteroatoms. The highest BCUT2D eigenvalue weighted by molar-refractivity contribution is 5.94. The summed E-state index contributed by atoms with van der Waals surface area (Å²) in [6, 6.07) is 15.7. The van der Waals surface area contributed by atoms with Crippen molar-refractivity contribution in [1.29, 1.82) is 0 Å². The quantitative estimate of drug-likeness (QED) is 0.654. The molecule has 3 aromatic rings. The summed E-state index contributed by atoms with van der Waals surface area (Å²) in [5.41, 5.74) is 3.74. The summed E-state index contributed by atoms with van der Waals surface area (Å²) in [6.07, 6.45) is 10.5. The van der Waals surface area contributed by atoms with Crippen LogP contribution < -0.4 is 10.2 Å². The minimum atomic E-state index is -0.0957. The maximum Gasteiger partial charge on any atom is 0.251 e. The summed E-state index contributed by atoms with van der Waals surface area (Å²) < 4.78 is 0. The van der Waals surface area contributed by atoms with E-state index in [4.69, 9.17) is 4.98 Å². The van der Waals surface area contributed by atoms with Crippen molar-refractivity contribution in [1.82, 2.24) is 15.3 Å². The van der Waals surface area contributed by atoms with Gasteiger partial charge in [0.1, 0.15) is 5.82 Å². The van der Waals surface area contributed by atoms with Crippen molar-refractivity contribution in [3.63, 3.8) is 0 Å². The Balaban J connectivity index is 1.41. The molecule has 1 aromatic carbocycles. The molecule has 0 radical (unpaired) electrons. The maximum absolute atomic E-state index is 12.6. The molecule has 4 rings (SSSR count). The molecule has 30 heavy (non-hydrogen) atoms. The number of nitrogens with one attached hydrogen (secondary N) is 1. The molecule has 1 unspecified atom stereocenters. The zero-order valence-corrected chi connectivity index (χ0v) is 17.4. The fourth-order valence-electron chi connectivity index (χ4n) is 3.85. The Bertz CT molecular complexity index is 947. The average molecular weight is 401 g/mol. The Labute approximate surface area is 178 Å². The van der Waals surface area contributed by atoms with Crippen LogP contribution in [0.1, 0.15) is 54.6 Å². The summed E-state index contributed by atoms with van der Waals surface area (Å²) in [5.74, 6) is 0.966. The lowest BCUT2D eigenvalue weighted by atomic mass is 10.0. The number of rotatable bonds is 5. The fourth-order valence-corrected chi connectivity index (χ4v) is 3.85. The number of hydrogen-bond donors (Lipinski definition) is 1. The van der Waals surface area contributed by atoms with Crippen molar-refractivity contribution in [3.05, 3.63) is 78.2 Å². The van der Waals surface area contributed by atoms with Gasteiger partial charge in [-0.05, 0) is 61.2 Å². The Hall–Kier alpha value is -3.21. The van der Waals surface area contributed by atoms with E-state index in [9.17, 15) is 4.79 Å². The molecule has 1 aliphatic rings. The number of anilines is 1. The van der Waals surface area contributed by atoms with E-state index in [1.165, 1.54) is 25.7 Å². The highest BCUT2D eigenvalue weighted by Crippen LogP contribution is 2.23. The van der Waals surface area contributed by atoms with Crippen molar-refractivity contribution in [2.24, 2.45) is 0 Å². The van der Waals surface area contributed by atoms with Crippen LogP contribution in [0, 0.1) is 0 Å². The third kappa shape index (κ3) is 4.85. The van der Waals surface area contributed by atoms with Gasteiger partial charge in [-0.3, -0.25) is 9.78 Å². The summed E-state index contributed by atoms with van der Waals surface area (Å²) >= 11 is 0. The molecule has 1 aliphatic heterocycles. The second kappa shape index (κ2) is 9.53. The van der Waals surface area contributed by atoms with Crippen LogP contribution in [0.2, 0.25) is 0 Å². The van der Waals surface area contributed by atoms with Gasteiger partial charge in [-0.1, -0.05) is 31.0 Å². The number of nitrogens with zero attached hydrogens (tertiary/aromatic N) is 3. The normalized spacial score (nSPS) is 15.3. The third-order valence-corrected chi connectivity index (χ3v) is 5.69. The number of carbonyl (C=O) groups excluding carboxylic acids is 1. The second-order valence-corrected chi connectivity index (χ2v) is 7.87. The van der Waals surface area contributed by atoms with Crippen molar-refractivity contribution >= 4 is 11.7 Å². The number of benzene rings is 1. The van der Waals surface area contributed by atoms with Crippen molar-refractivity contribution in [2.45, 2.75) is 38.6 Å². The van der Waals surface area contributed by atoms with Gasteiger partial charge in [0.2, 0.25) is 0 Å². The molecule has 1 amide bonds. The first-order valence-electron chi connectivity index (χ1n) is 10.7. The molecule has 1 N–H and O–H groups in total. The first-order valence-corrected chi connectivity index (χ1v) is 10.7. The minimum Gasteiger partial charge on any atom is -0.357 e. The Kier molecular flexibility index (Phi) is 6.38. The van der Waals surface area contributed by atoms with Crippen LogP contribution in [0.25, 0.3) is 11.1 Å². The van der Waals surface area contributed by atoms with Crippen molar-refractivity contribution in [2.75, 3.05) is 18.0 Å². The van der Waals surface area contributed by atoms with Crippen molar-refractivity contribution < 1.29 is 4.79 Å². The molecule has 3 heterocycles. The highest BCUT2D eigenvalue weighted by atomic mass is 16.1. The van der Waals surface area contributed by atoms with Gasteiger partial charge in [-0.25, -0.2) is 4.98 Å². The number of pyridine rings is 2. The lowest BCUT2D eigenvalue weighted by Crippen LogP contribution is -2.26. The zero-order valence-electron chi connectivity index (χ0n) is 17.4. The van der Waals surface area contributed by atoms with Crippen LogP contribution in [0.4, 0.5) is 5.82 Å². The average Bonchev–Trinajstić information content (AvgIpc) is 3.09. The Morgan fingerprint density at radius 2 is 1.67 bits per heavy atom. The van der Waals surface area contributed by atoms with E-state index in [1.807, 2.05) is 49.5 Å². The van der Waals surface area contributed by atoms with Gasteiger partial charge in [0.05, 0.1) is 6.04 Å². The molecule has 1 fully saturated rings. The van der Waals surface area contributed by atoms with E-state index in [-0.39, 0.29) is 11.9 Å². The molecular formula is C25H28N4O. The van der Waals surface area contributed by atoms with Crippen LogP contribution in [0.3, 0.4) is 0 Å². The van der Waals surface area contributed by atoms with Gasteiger partial charge in [-0.15, -0.1) is 0 Å².